The Bertz CT molecular complexity index is 1440. The van der Waals surface area contributed by atoms with Crippen molar-refractivity contribution in [3.8, 4) is 5.75 Å². The van der Waals surface area contributed by atoms with Crippen LogP contribution in [0.25, 0.3) is 0 Å². The molecule has 198 valence electrons. The summed E-state index contributed by atoms with van der Waals surface area (Å²) in [6.07, 6.45) is 1.84. The van der Waals surface area contributed by atoms with Crippen LogP contribution in [0.1, 0.15) is 34.7 Å². The molecule has 3 aliphatic rings. The van der Waals surface area contributed by atoms with Crippen molar-refractivity contribution in [2.45, 2.75) is 18.8 Å². The highest BCUT2D eigenvalue weighted by Gasteiger charge is 2.64. The number of rotatable bonds is 7. The highest BCUT2D eigenvalue weighted by Crippen LogP contribution is 2.61. The minimum Gasteiger partial charge on any atom is -0.495 e. The second-order valence-electron chi connectivity index (χ2n) is 10.3. The molecule has 8 heteroatoms. The van der Waals surface area contributed by atoms with Gasteiger partial charge in [0, 0.05) is 0 Å². The van der Waals surface area contributed by atoms with Crippen LogP contribution < -0.4 is 15.0 Å². The van der Waals surface area contributed by atoms with E-state index in [0.29, 0.717) is 23.0 Å². The van der Waals surface area contributed by atoms with Gasteiger partial charge in [-0.3, -0.25) is 19.3 Å². The second kappa shape index (κ2) is 10.0. The molecule has 0 spiro atoms. The van der Waals surface area contributed by atoms with Crippen LogP contribution in [0.15, 0.2) is 78.9 Å². The van der Waals surface area contributed by atoms with Gasteiger partial charge in [-0.25, -0.2) is 4.79 Å². The number of carbonyl (C=O) groups excluding carboxylic acids is 4. The average Bonchev–Trinajstić information content (AvgIpc) is 3.64. The Hall–Kier alpha value is -4.46. The van der Waals surface area contributed by atoms with Crippen molar-refractivity contribution in [3.05, 3.63) is 90.0 Å². The number of esters is 1. The van der Waals surface area contributed by atoms with E-state index in [0.717, 1.165) is 12.8 Å². The Morgan fingerprint density at radius 1 is 0.872 bits per heavy atom. The van der Waals surface area contributed by atoms with Crippen LogP contribution in [0.4, 0.5) is 11.4 Å². The van der Waals surface area contributed by atoms with Gasteiger partial charge < -0.3 is 14.8 Å². The van der Waals surface area contributed by atoms with E-state index in [1.165, 1.54) is 29.7 Å². The number of benzene rings is 3. The molecule has 1 N–H and O–H groups in total. The molecule has 0 unspecified atom stereocenters. The zero-order valence-electron chi connectivity index (χ0n) is 21.4. The Labute approximate surface area is 225 Å². The van der Waals surface area contributed by atoms with Crippen molar-refractivity contribution in [1.82, 2.24) is 0 Å². The van der Waals surface area contributed by atoms with E-state index in [1.54, 1.807) is 36.4 Å². The number of para-hydroxylation sites is 2. The largest absolute Gasteiger partial charge is 0.495 e. The summed E-state index contributed by atoms with van der Waals surface area (Å²) in [4.78, 5) is 53.0. The van der Waals surface area contributed by atoms with Gasteiger partial charge in [-0.05, 0) is 72.6 Å². The molecular weight excluding hydrogens is 496 g/mol. The van der Waals surface area contributed by atoms with Crippen LogP contribution >= 0.6 is 0 Å². The first-order valence-electron chi connectivity index (χ1n) is 13.1. The van der Waals surface area contributed by atoms with Gasteiger partial charge in [0.05, 0.1) is 35.9 Å². The van der Waals surface area contributed by atoms with Gasteiger partial charge in [0.2, 0.25) is 11.8 Å². The summed E-state index contributed by atoms with van der Waals surface area (Å²) < 4.78 is 10.4. The SMILES string of the molecule is COc1ccccc1NC(=O)COC(=O)c1ccc(N2C(=O)[C@@H]3[C@@H]4C[C@@H]([C@@H]3C2=O)[C@H](c2ccccc2)C4)cc1. The summed E-state index contributed by atoms with van der Waals surface area (Å²) >= 11 is 0. The maximum absolute atomic E-state index is 13.5. The highest BCUT2D eigenvalue weighted by molar-refractivity contribution is 6.22. The third-order valence-corrected chi connectivity index (χ3v) is 8.32. The number of nitrogens with zero attached hydrogens (tertiary/aromatic N) is 1. The summed E-state index contributed by atoms with van der Waals surface area (Å²) in [5, 5.41) is 2.65. The van der Waals surface area contributed by atoms with Crippen LogP contribution in [0, 0.1) is 23.7 Å². The standard InChI is InChI=1S/C31H28N2O6/c1-38-25-10-6-5-9-24(25)32-26(34)17-39-31(37)19-11-13-21(14-12-19)33-29(35)27-20-15-22(18-7-3-2-4-8-18)23(16-20)28(27)30(33)36/h2-14,20,22-23,27-28H,15-17H2,1H3,(H,32,34)/t20-,22-,23+,27+,28-/m0/s1. The normalized spacial score (nSPS) is 24.9. The third kappa shape index (κ3) is 4.35. The zero-order valence-corrected chi connectivity index (χ0v) is 21.4. The highest BCUT2D eigenvalue weighted by atomic mass is 16.5. The van der Waals surface area contributed by atoms with Crippen molar-refractivity contribution in [1.29, 1.82) is 0 Å². The molecule has 2 aliphatic carbocycles. The maximum atomic E-state index is 13.5. The predicted molar refractivity (Wildman–Crippen MR) is 143 cm³/mol. The van der Waals surface area contributed by atoms with Crippen LogP contribution in [0.3, 0.4) is 0 Å². The smallest absolute Gasteiger partial charge is 0.338 e. The van der Waals surface area contributed by atoms with Crippen LogP contribution in [0.2, 0.25) is 0 Å². The van der Waals surface area contributed by atoms with Crippen molar-refractivity contribution in [3.63, 3.8) is 0 Å². The van der Waals surface area contributed by atoms with Crippen LogP contribution in [-0.2, 0) is 19.1 Å². The van der Waals surface area contributed by atoms with Gasteiger partial charge in [0.1, 0.15) is 5.75 Å². The molecule has 2 saturated carbocycles. The first-order chi connectivity index (χ1) is 19.0. The summed E-state index contributed by atoms with van der Waals surface area (Å²) in [7, 11) is 1.50. The van der Waals surface area contributed by atoms with Crippen molar-refractivity contribution in [2.75, 3.05) is 23.9 Å². The molecule has 3 aromatic carbocycles. The van der Waals surface area contributed by atoms with Crippen LogP contribution in [0.5, 0.6) is 5.75 Å². The number of hydrogen-bond acceptors (Lipinski definition) is 6. The Morgan fingerprint density at radius 2 is 1.56 bits per heavy atom. The van der Waals surface area contributed by atoms with E-state index in [-0.39, 0.29) is 41.0 Å². The lowest BCUT2D eigenvalue weighted by Gasteiger charge is -2.28. The molecular formula is C31H28N2O6. The van der Waals surface area contributed by atoms with E-state index < -0.39 is 18.5 Å². The van der Waals surface area contributed by atoms with Crippen molar-refractivity contribution >= 4 is 35.1 Å². The average molecular weight is 525 g/mol. The third-order valence-electron chi connectivity index (χ3n) is 8.32. The van der Waals surface area contributed by atoms with E-state index in [9.17, 15) is 19.2 Å². The summed E-state index contributed by atoms with van der Waals surface area (Å²) in [5.74, 6) is -0.888. The molecule has 0 radical (unpaired) electrons. The molecule has 3 fully saturated rings. The number of amides is 3. The number of nitrogens with one attached hydrogen (secondary N) is 1. The Balaban J connectivity index is 1.10. The summed E-state index contributed by atoms with van der Waals surface area (Å²) in [6, 6.07) is 23.3. The molecule has 1 saturated heterocycles. The molecule has 1 heterocycles. The number of ether oxygens (including phenoxy) is 2. The zero-order chi connectivity index (χ0) is 27.1. The molecule has 3 aromatic rings. The minimum atomic E-state index is -0.684. The van der Waals surface area contributed by atoms with Gasteiger partial charge in [-0.15, -0.1) is 0 Å². The lowest BCUT2D eigenvalue weighted by atomic mass is 9.73. The van der Waals surface area contributed by atoms with E-state index >= 15 is 0 Å². The topological polar surface area (TPSA) is 102 Å². The molecule has 6 rings (SSSR count). The van der Waals surface area contributed by atoms with Gasteiger partial charge >= 0.3 is 5.97 Å². The first kappa shape index (κ1) is 24.9. The van der Waals surface area contributed by atoms with E-state index in [1.807, 2.05) is 18.2 Å². The predicted octanol–water partition coefficient (Wildman–Crippen LogP) is 4.42. The lowest BCUT2D eigenvalue weighted by Crippen LogP contribution is -2.33. The number of carbonyl (C=O) groups is 4. The fraction of sp³-hybridized carbons (Fsp3) is 0.290. The molecule has 5 atom stereocenters. The molecule has 8 nitrogen and oxygen atoms in total. The molecule has 1 aliphatic heterocycles. The number of methoxy groups -OCH3 is 1. The van der Waals surface area contributed by atoms with Crippen molar-refractivity contribution in [2.24, 2.45) is 23.7 Å². The van der Waals surface area contributed by atoms with Gasteiger partial charge in [0.25, 0.3) is 5.91 Å². The molecule has 39 heavy (non-hydrogen) atoms. The van der Waals surface area contributed by atoms with Crippen molar-refractivity contribution < 1.29 is 28.7 Å². The van der Waals surface area contributed by atoms with Crippen LogP contribution in [-0.4, -0.2) is 37.4 Å². The summed E-state index contributed by atoms with van der Waals surface area (Å²) in [6.45, 7) is -0.476. The summed E-state index contributed by atoms with van der Waals surface area (Å²) in [5.41, 5.74) is 2.37. The number of imide groups is 1. The monoisotopic (exact) mass is 524 g/mol. The van der Waals surface area contributed by atoms with E-state index in [2.05, 4.69) is 17.4 Å². The fourth-order valence-electron chi connectivity index (χ4n) is 6.69. The van der Waals surface area contributed by atoms with E-state index in [4.69, 9.17) is 9.47 Å². The second-order valence-corrected chi connectivity index (χ2v) is 10.3. The maximum Gasteiger partial charge on any atom is 0.338 e. The quantitative estimate of drug-likeness (QED) is 0.363. The fourth-order valence-corrected chi connectivity index (χ4v) is 6.69. The Kier molecular flexibility index (Phi) is 6.38. The first-order valence-corrected chi connectivity index (χ1v) is 13.1. The lowest BCUT2D eigenvalue weighted by molar-refractivity contribution is -0.123. The van der Waals surface area contributed by atoms with Gasteiger partial charge in [-0.2, -0.15) is 0 Å². The van der Waals surface area contributed by atoms with Gasteiger partial charge in [-0.1, -0.05) is 42.5 Å². The molecule has 0 aromatic heterocycles. The van der Waals surface area contributed by atoms with Gasteiger partial charge in [0.15, 0.2) is 6.61 Å². The minimum absolute atomic E-state index is 0.146. The number of anilines is 2. The number of fused-ring (bicyclic) bond motifs is 5. The Morgan fingerprint density at radius 3 is 2.31 bits per heavy atom. The molecule has 3 amide bonds. The number of hydrogen-bond donors (Lipinski definition) is 1. The molecule has 2 bridgehead atoms.